The van der Waals surface area contributed by atoms with Crippen molar-refractivity contribution in [2.24, 2.45) is 17.8 Å². The SMILES string of the molecule is O=C(CO)OC1C2CC3CC(C2)C(=O)OC1C3. The van der Waals surface area contributed by atoms with Gasteiger partial charge in [-0.2, -0.15) is 0 Å². The third-order valence-electron chi connectivity index (χ3n) is 4.24. The lowest BCUT2D eigenvalue weighted by atomic mass is 9.67. The maximum atomic E-state index is 11.8. The minimum atomic E-state index is -0.626. The summed E-state index contributed by atoms with van der Waals surface area (Å²) < 4.78 is 10.6. The van der Waals surface area contributed by atoms with E-state index in [0.29, 0.717) is 5.92 Å². The van der Waals surface area contributed by atoms with Gasteiger partial charge in [0, 0.05) is 5.92 Å². The fraction of sp³-hybridized carbons (Fsp3) is 0.833. The normalized spacial score (nSPS) is 43.1. The number of carbonyl (C=O) groups excluding carboxylic acids is 2. The number of hydrogen-bond donors (Lipinski definition) is 1. The minimum absolute atomic E-state index is 0.0124. The van der Waals surface area contributed by atoms with Crippen LogP contribution in [0.15, 0.2) is 0 Å². The third-order valence-corrected chi connectivity index (χ3v) is 4.24. The topological polar surface area (TPSA) is 72.8 Å². The van der Waals surface area contributed by atoms with Crippen molar-refractivity contribution in [1.82, 2.24) is 0 Å². The van der Waals surface area contributed by atoms with E-state index in [1.54, 1.807) is 0 Å². The predicted octanol–water partition coefficient (Wildman–Crippen LogP) is 0.252. The van der Waals surface area contributed by atoms with E-state index in [0.717, 1.165) is 25.7 Å². The molecule has 2 saturated heterocycles. The van der Waals surface area contributed by atoms with Gasteiger partial charge in [0.05, 0.1) is 5.92 Å². The Morgan fingerprint density at radius 3 is 2.94 bits per heavy atom. The number of fused-ring (bicyclic) bond motifs is 1. The lowest BCUT2D eigenvalue weighted by Crippen LogP contribution is -2.45. The van der Waals surface area contributed by atoms with Gasteiger partial charge in [-0.3, -0.25) is 4.79 Å². The highest BCUT2D eigenvalue weighted by Gasteiger charge is 2.51. The van der Waals surface area contributed by atoms with Gasteiger partial charge in [0.2, 0.25) is 0 Å². The van der Waals surface area contributed by atoms with Crippen molar-refractivity contribution in [3.63, 3.8) is 0 Å². The second kappa shape index (κ2) is 3.98. The lowest BCUT2D eigenvalue weighted by molar-refractivity contribution is -0.174. The second-order valence-corrected chi connectivity index (χ2v) is 5.35. The summed E-state index contributed by atoms with van der Waals surface area (Å²) in [5.41, 5.74) is 0. The molecule has 4 fully saturated rings. The molecular formula is C12H16O5. The predicted molar refractivity (Wildman–Crippen MR) is 55.8 cm³/mol. The molecule has 2 heterocycles. The van der Waals surface area contributed by atoms with E-state index < -0.39 is 12.6 Å². The average molecular weight is 240 g/mol. The number of rotatable bonds is 2. The number of ether oxygens (including phenoxy) is 2. The van der Waals surface area contributed by atoms with Crippen LogP contribution in [-0.2, 0) is 19.1 Å². The summed E-state index contributed by atoms with van der Waals surface area (Å²) in [6.07, 6.45) is 2.84. The average Bonchev–Trinajstić information content (AvgIpc) is 2.47. The van der Waals surface area contributed by atoms with Crippen LogP contribution in [0.25, 0.3) is 0 Å². The first kappa shape index (κ1) is 11.0. The Labute approximate surface area is 99.1 Å². The molecule has 4 bridgehead atoms. The van der Waals surface area contributed by atoms with E-state index >= 15 is 0 Å². The number of aliphatic hydroxyl groups is 1. The molecule has 2 aliphatic heterocycles. The molecule has 5 nitrogen and oxygen atoms in total. The van der Waals surface area contributed by atoms with E-state index in [1.165, 1.54) is 0 Å². The summed E-state index contributed by atoms with van der Waals surface area (Å²) in [4.78, 5) is 22.9. The van der Waals surface area contributed by atoms with E-state index in [-0.39, 0.29) is 30.0 Å². The largest absolute Gasteiger partial charge is 0.458 e. The highest BCUT2D eigenvalue weighted by molar-refractivity contribution is 5.74. The molecule has 0 amide bonds. The molecule has 94 valence electrons. The molecule has 4 aliphatic rings. The number of carbonyl (C=O) groups is 2. The van der Waals surface area contributed by atoms with Crippen molar-refractivity contribution in [3.8, 4) is 0 Å². The summed E-state index contributed by atoms with van der Waals surface area (Å²) in [5.74, 6) is -0.0245. The van der Waals surface area contributed by atoms with E-state index in [1.807, 2.05) is 0 Å². The molecule has 5 unspecified atom stereocenters. The molecule has 2 aliphatic carbocycles. The first-order valence-corrected chi connectivity index (χ1v) is 6.18. The summed E-state index contributed by atoms with van der Waals surface area (Å²) in [6.45, 7) is -0.614. The van der Waals surface area contributed by atoms with Crippen LogP contribution < -0.4 is 0 Å². The third kappa shape index (κ3) is 1.82. The van der Waals surface area contributed by atoms with E-state index in [4.69, 9.17) is 14.6 Å². The lowest BCUT2D eigenvalue weighted by Gasteiger charge is -2.41. The molecule has 5 heteroatoms. The van der Waals surface area contributed by atoms with Gasteiger partial charge in [-0.1, -0.05) is 0 Å². The van der Waals surface area contributed by atoms with E-state index in [9.17, 15) is 9.59 Å². The molecule has 5 atom stereocenters. The van der Waals surface area contributed by atoms with Crippen LogP contribution in [0.5, 0.6) is 0 Å². The van der Waals surface area contributed by atoms with Crippen LogP contribution in [0.2, 0.25) is 0 Å². The highest BCUT2D eigenvalue weighted by atomic mass is 16.6. The summed E-state index contributed by atoms with van der Waals surface area (Å²) in [6, 6.07) is 0. The Kier molecular flexibility index (Phi) is 2.58. The van der Waals surface area contributed by atoms with Gasteiger partial charge in [0.25, 0.3) is 0 Å². The van der Waals surface area contributed by atoms with Crippen molar-refractivity contribution in [1.29, 1.82) is 0 Å². The summed E-state index contributed by atoms with van der Waals surface area (Å²) in [5, 5.41) is 8.73. The molecular weight excluding hydrogens is 224 g/mol. The van der Waals surface area contributed by atoms with Gasteiger partial charge in [-0.05, 0) is 31.6 Å². The standard InChI is InChI=1S/C12H16O5/c13-5-10(14)17-11-7-1-6-2-8(4-7)12(15)16-9(11)3-6/h6-9,11,13H,1-5H2. The first-order valence-electron chi connectivity index (χ1n) is 6.18. The molecule has 0 spiro atoms. The molecule has 0 aromatic heterocycles. The Bertz CT molecular complexity index is 353. The van der Waals surface area contributed by atoms with Gasteiger partial charge < -0.3 is 14.6 Å². The zero-order chi connectivity index (χ0) is 12.0. The Hall–Kier alpha value is -1.10. The van der Waals surface area contributed by atoms with Crippen LogP contribution in [0, 0.1) is 17.8 Å². The maximum Gasteiger partial charge on any atom is 0.332 e. The molecule has 0 aromatic carbocycles. The summed E-state index contributed by atoms with van der Waals surface area (Å²) in [7, 11) is 0. The number of hydrogen-bond acceptors (Lipinski definition) is 5. The van der Waals surface area contributed by atoms with Crippen molar-refractivity contribution >= 4 is 11.9 Å². The zero-order valence-electron chi connectivity index (χ0n) is 9.50. The fourth-order valence-electron chi connectivity index (χ4n) is 3.63. The van der Waals surface area contributed by atoms with Gasteiger partial charge in [-0.15, -0.1) is 0 Å². The highest BCUT2D eigenvalue weighted by Crippen LogP contribution is 2.48. The van der Waals surface area contributed by atoms with Crippen molar-refractivity contribution in [2.75, 3.05) is 6.61 Å². The maximum absolute atomic E-state index is 11.8. The Morgan fingerprint density at radius 1 is 1.35 bits per heavy atom. The molecule has 0 radical (unpaired) electrons. The van der Waals surface area contributed by atoms with Crippen LogP contribution in [0.1, 0.15) is 25.7 Å². The van der Waals surface area contributed by atoms with Crippen molar-refractivity contribution in [3.05, 3.63) is 0 Å². The van der Waals surface area contributed by atoms with Crippen LogP contribution in [0.3, 0.4) is 0 Å². The quantitative estimate of drug-likeness (QED) is 0.700. The molecule has 1 N–H and O–H groups in total. The number of esters is 2. The Morgan fingerprint density at radius 2 is 2.18 bits per heavy atom. The smallest absolute Gasteiger partial charge is 0.332 e. The van der Waals surface area contributed by atoms with Gasteiger partial charge in [0.15, 0.2) is 0 Å². The van der Waals surface area contributed by atoms with Crippen LogP contribution >= 0.6 is 0 Å². The van der Waals surface area contributed by atoms with E-state index in [2.05, 4.69) is 0 Å². The fourth-order valence-corrected chi connectivity index (χ4v) is 3.63. The molecule has 2 saturated carbocycles. The molecule has 4 rings (SSSR count). The van der Waals surface area contributed by atoms with Crippen LogP contribution in [0.4, 0.5) is 0 Å². The van der Waals surface area contributed by atoms with Gasteiger partial charge in [-0.25, -0.2) is 4.79 Å². The zero-order valence-corrected chi connectivity index (χ0v) is 9.50. The number of aliphatic hydroxyl groups excluding tert-OH is 1. The van der Waals surface area contributed by atoms with Gasteiger partial charge in [0.1, 0.15) is 18.8 Å². The van der Waals surface area contributed by atoms with Crippen molar-refractivity contribution in [2.45, 2.75) is 37.9 Å². The second-order valence-electron chi connectivity index (χ2n) is 5.35. The van der Waals surface area contributed by atoms with Crippen LogP contribution in [-0.4, -0.2) is 35.9 Å². The van der Waals surface area contributed by atoms with Crippen molar-refractivity contribution < 1.29 is 24.2 Å². The monoisotopic (exact) mass is 240 g/mol. The molecule has 17 heavy (non-hydrogen) atoms. The minimum Gasteiger partial charge on any atom is -0.458 e. The summed E-state index contributed by atoms with van der Waals surface area (Å²) >= 11 is 0. The first-order chi connectivity index (χ1) is 8.17. The Balaban J connectivity index is 1.82. The molecule has 0 aromatic rings. The van der Waals surface area contributed by atoms with Gasteiger partial charge >= 0.3 is 11.9 Å².